The summed E-state index contributed by atoms with van der Waals surface area (Å²) in [5, 5.41) is 12.0. The fraction of sp³-hybridized carbons (Fsp3) is 0.0625. The summed E-state index contributed by atoms with van der Waals surface area (Å²) in [4.78, 5) is 4.18. The highest BCUT2D eigenvalue weighted by Gasteiger charge is 2.10. The van der Waals surface area contributed by atoms with Gasteiger partial charge in [0.2, 0.25) is 5.88 Å². The van der Waals surface area contributed by atoms with E-state index in [0.717, 1.165) is 20.8 Å². The van der Waals surface area contributed by atoms with Gasteiger partial charge in [0.1, 0.15) is 0 Å². The van der Waals surface area contributed by atoms with Crippen molar-refractivity contribution in [2.75, 3.05) is 0 Å². The molecule has 3 nitrogen and oxygen atoms in total. The van der Waals surface area contributed by atoms with Crippen LogP contribution in [0.5, 0.6) is 17.4 Å². The first-order chi connectivity index (χ1) is 9.65. The van der Waals surface area contributed by atoms with E-state index in [-0.39, 0.29) is 5.75 Å². The summed E-state index contributed by atoms with van der Waals surface area (Å²) >= 11 is 3.44. The molecule has 0 aliphatic carbocycles. The van der Waals surface area contributed by atoms with Crippen LogP contribution in [0.1, 0.15) is 5.56 Å². The molecule has 0 bridgehead atoms. The molecule has 0 aliphatic heterocycles. The van der Waals surface area contributed by atoms with Crippen LogP contribution in [0.15, 0.2) is 53.1 Å². The molecule has 0 amide bonds. The minimum Gasteiger partial charge on any atom is -0.504 e. The Kier molecular flexibility index (Phi) is 3.32. The van der Waals surface area contributed by atoms with E-state index in [4.69, 9.17) is 4.74 Å². The maximum absolute atomic E-state index is 10.1. The van der Waals surface area contributed by atoms with E-state index in [9.17, 15) is 5.11 Å². The second-order valence-corrected chi connectivity index (χ2v) is 5.31. The van der Waals surface area contributed by atoms with Crippen molar-refractivity contribution in [1.82, 2.24) is 4.98 Å². The van der Waals surface area contributed by atoms with Crippen molar-refractivity contribution in [1.29, 1.82) is 0 Å². The maximum Gasteiger partial charge on any atom is 0.234 e. The second kappa shape index (κ2) is 5.13. The van der Waals surface area contributed by atoms with Gasteiger partial charge in [-0.2, -0.15) is 0 Å². The molecule has 0 radical (unpaired) electrons. The SMILES string of the molecule is Cc1ccnc(Oc2cc3ccccc3cc2O)c1Br. The first kappa shape index (κ1) is 12.9. The number of hydrogen-bond donors (Lipinski definition) is 1. The van der Waals surface area contributed by atoms with Crippen LogP contribution in [0.4, 0.5) is 0 Å². The van der Waals surface area contributed by atoms with E-state index in [2.05, 4.69) is 20.9 Å². The van der Waals surface area contributed by atoms with E-state index in [1.165, 1.54) is 0 Å². The lowest BCUT2D eigenvalue weighted by Gasteiger charge is -2.10. The van der Waals surface area contributed by atoms with Crippen LogP contribution in [0.25, 0.3) is 10.8 Å². The minimum absolute atomic E-state index is 0.0962. The number of aryl methyl sites for hydroxylation is 1. The molecule has 2 aromatic carbocycles. The summed E-state index contributed by atoms with van der Waals surface area (Å²) in [5.74, 6) is 0.928. The lowest BCUT2D eigenvalue weighted by Crippen LogP contribution is -1.91. The monoisotopic (exact) mass is 329 g/mol. The Bertz CT molecular complexity index is 787. The highest BCUT2D eigenvalue weighted by atomic mass is 79.9. The van der Waals surface area contributed by atoms with Crippen LogP contribution in [-0.4, -0.2) is 10.1 Å². The third-order valence-electron chi connectivity index (χ3n) is 3.08. The number of phenolic OH excluding ortho intramolecular Hbond substituents is 1. The van der Waals surface area contributed by atoms with E-state index in [1.807, 2.05) is 37.3 Å². The summed E-state index contributed by atoms with van der Waals surface area (Å²) in [6, 6.07) is 13.2. The first-order valence-electron chi connectivity index (χ1n) is 6.16. The molecule has 0 saturated heterocycles. The number of aromatic nitrogens is 1. The Labute approximate surface area is 125 Å². The zero-order chi connectivity index (χ0) is 14.1. The molecule has 1 aromatic heterocycles. The Morgan fingerprint density at radius 2 is 1.80 bits per heavy atom. The second-order valence-electron chi connectivity index (χ2n) is 4.52. The predicted octanol–water partition coefficient (Wildman–Crippen LogP) is 4.80. The third-order valence-corrected chi connectivity index (χ3v) is 4.05. The Morgan fingerprint density at radius 3 is 2.55 bits per heavy atom. The standard InChI is InChI=1S/C16H12BrNO2/c1-10-6-7-18-16(15(10)17)20-14-9-12-5-3-2-4-11(12)8-13(14)19/h2-9,19H,1H3. The quantitative estimate of drug-likeness (QED) is 0.734. The van der Waals surface area contributed by atoms with E-state index in [0.29, 0.717) is 11.6 Å². The van der Waals surface area contributed by atoms with Crippen molar-refractivity contribution in [3.05, 3.63) is 58.7 Å². The number of halogens is 1. The van der Waals surface area contributed by atoms with Gasteiger partial charge in [-0.15, -0.1) is 0 Å². The van der Waals surface area contributed by atoms with Gasteiger partial charge in [0.05, 0.1) is 4.47 Å². The van der Waals surface area contributed by atoms with Crippen molar-refractivity contribution >= 4 is 26.7 Å². The van der Waals surface area contributed by atoms with Gasteiger partial charge in [0, 0.05) is 6.20 Å². The van der Waals surface area contributed by atoms with Crippen LogP contribution in [0, 0.1) is 6.92 Å². The first-order valence-corrected chi connectivity index (χ1v) is 6.95. The van der Waals surface area contributed by atoms with Gasteiger partial charge >= 0.3 is 0 Å². The molecule has 1 heterocycles. The predicted molar refractivity (Wildman–Crippen MR) is 82.4 cm³/mol. The van der Waals surface area contributed by atoms with Crippen LogP contribution in [-0.2, 0) is 0 Å². The molecular weight excluding hydrogens is 318 g/mol. The Hall–Kier alpha value is -2.07. The van der Waals surface area contributed by atoms with Crippen molar-refractivity contribution in [2.24, 2.45) is 0 Å². The molecule has 100 valence electrons. The van der Waals surface area contributed by atoms with Crippen LogP contribution in [0.2, 0.25) is 0 Å². The number of nitrogens with zero attached hydrogens (tertiary/aromatic N) is 1. The van der Waals surface area contributed by atoms with E-state index in [1.54, 1.807) is 18.3 Å². The average Bonchev–Trinajstić information content (AvgIpc) is 2.44. The molecule has 4 heteroatoms. The van der Waals surface area contributed by atoms with E-state index >= 15 is 0 Å². The van der Waals surface area contributed by atoms with Crippen LogP contribution < -0.4 is 4.74 Å². The molecule has 20 heavy (non-hydrogen) atoms. The molecule has 0 unspecified atom stereocenters. The topological polar surface area (TPSA) is 42.4 Å². The van der Waals surface area contributed by atoms with Gasteiger partial charge in [-0.05, 0) is 57.4 Å². The lowest BCUT2D eigenvalue weighted by molar-refractivity contribution is 0.402. The number of benzene rings is 2. The smallest absolute Gasteiger partial charge is 0.234 e. The molecule has 0 spiro atoms. The summed E-state index contributed by atoms with van der Waals surface area (Å²) < 4.78 is 6.51. The van der Waals surface area contributed by atoms with Gasteiger partial charge in [-0.1, -0.05) is 24.3 Å². The number of phenols is 1. The highest BCUT2D eigenvalue weighted by Crippen LogP contribution is 2.36. The molecule has 3 rings (SSSR count). The summed E-state index contributed by atoms with van der Waals surface area (Å²) in [6.07, 6.45) is 1.67. The largest absolute Gasteiger partial charge is 0.504 e. The normalized spacial score (nSPS) is 10.7. The number of pyridine rings is 1. The van der Waals surface area contributed by atoms with Crippen molar-refractivity contribution < 1.29 is 9.84 Å². The summed E-state index contributed by atoms with van der Waals surface area (Å²) in [5.41, 5.74) is 1.02. The van der Waals surface area contributed by atoms with Crippen molar-refractivity contribution in [2.45, 2.75) is 6.92 Å². The number of rotatable bonds is 2. The molecule has 0 atom stereocenters. The molecular formula is C16H12BrNO2. The summed E-state index contributed by atoms with van der Waals surface area (Å²) in [7, 11) is 0. The summed E-state index contributed by atoms with van der Waals surface area (Å²) in [6.45, 7) is 1.96. The van der Waals surface area contributed by atoms with Gasteiger partial charge in [-0.25, -0.2) is 4.98 Å². The van der Waals surface area contributed by atoms with Crippen LogP contribution in [0.3, 0.4) is 0 Å². The molecule has 0 fully saturated rings. The zero-order valence-corrected chi connectivity index (χ0v) is 12.4. The highest BCUT2D eigenvalue weighted by molar-refractivity contribution is 9.10. The Morgan fingerprint density at radius 1 is 1.10 bits per heavy atom. The van der Waals surface area contributed by atoms with E-state index < -0.39 is 0 Å². The van der Waals surface area contributed by atoms with Gasteiger partial charge in [0.15, 0.2) is 11.5 Å². The number of aromatic hydroxyl groups is 1. The van der Waals surface area contributed by atoms with Crippen LogP contribution >= 0.6 is 15.9 Å². The number of fused-ring (bicyclic) bond motifs is 1. The fourth-order valence-corrected chi connectivity index (χ4v) is 2.30. The number of hydrogen-bond acceptors (Lipinski definition) is 3. The van der Waals surface area contributed by atoms with Gasteiger partial charge < -0.3 is 9.84 Å². The van der Waals surface area contributed by atoms with Crippen molar-refractivity contribution in [3.8, 4) is 17.4 Å². The fourth-order valence-electron chi connectivity index (χ4n) is 1.98. The van der Waals surface area contributed by atoms with Gasteiger partial charge in [0.25, 0.3) is 0 Å². The molecule has 1 N–H and O–H groups in total. The minimum atomic E-state index is 0.0962. The van der Waals surface area contributed by atoms with Gasteiger partial charge in [-0.3, -0.25) is 0 Å². The third kappa shape index (κ3) is 2.34. The van der Waals surface area contributed by atoms with Crippen molar-refractivity contribution in [3.63, 3.8) is 0 Å². The zero-order valence-electron chi connectivity index (χ0n) is 10.8. The molecule has 0 aliphatic rings. The maximum atomic E-state index is 10.1. The Balaban J connectivity index is 2.06. The molecule has 3 aromatic rings. The molecule has 0 saturated carbocycles. The number of ether oxygens (including phenoxy) is 1. The average molecular weight is 330 g/mol. The lowest BCUT2D eigenvalue weighted by atomic mass is 10.1.